The second-order valence-corrected chi connectivity index (χ2v) is 4.43. The molecule has 0 N–H and O–H groups in total. The number of hydrogen-bond acceptors (Lipinski definition) is 4. The van der Waals surface area contributed by atoms with E-state index >= 15 is 0 Å². The van der Waals surface area contributed by atoms with E-state index in [1.807, 2.05) is 6.92 Å². The van der Waals surface area contributed by atoms with Crippen molar-refractivity contribution in [2.24, 2.45) is 5.92 Å². The van der Waals surface area contributed by atoms with Gasteiger partial charge in [-0.1, -0.05) is 0 Å². The lowest BCUT2D eigenvalue weighted by atomic mass is 10.0. The van der Waals surface area contributed by atoms with Gasteiger partial charge in [0.25, 0.3) is 5.91 Å². The predicted molar refractivity (Wildman–Crippen MR) is 66.1 cm³/mol. The van der Waals surface area contributed by atoms with E-state index in [4.69, 9.17) is 4.74 Å². The van der Waals surface area contributed by atoms with Crippen molar-refractivity contribution in [3.63, 3.8) is 0 Å². The quantitative estimate of drug-likeness (QED) is 0.750. The normalized spacial score (nSPS) is 13.8. The lowest BCUT2D eigenvalue weighted by Gasteiger charge is -2.18. The van der Waals surface area contributed by atoms with Gasteiger partial charge in [-0.2, -0.15) is 5.10 Å². The van der Waals surface area contributed by atoms with E-state index < -0.39 is 0 Å². The van der Waals surface area contributed by atoms with Crippen molar-refractivity contribution < 1.29 is 14.3 Å². The molecular formula is C12H19N3O3. The van der Waals surface area contributed by atoms with Crippen LogP contribution in [0.4, 0.5) is 0 Å². The van der Waals surface area contributed by atoms with Crippen molar-refractivity contribution in [2.45, 2.75) is 19.9 Å². The van der Waals surface area contributed by atoms with E-state index in [2.05, 4.69) is 5.10 Å². The van der Waals surface area contributed by atoms with Gasteiger partial charge in [0.15, 0.2) is 0 Å². The molecular weight excluding hydrogens is 234 g/mol. The fourth-order valence-corrected chi connectivity index (χ4v) is 1.52. The minimum Gasteiger partial charge on any atom is -0.469 e. The molecule has 0 saturated heterocycles. The summed E-state index contributed by atoms with van der Waals surface area (Å²) in [6, 6.07) is 1.48. The van der Waals surface area contributed by atoms with Crippen LogP contribution in [0, 0.1) is 5.92 Å². The summed E-state index contributed by atoms with van der Waals surface area (Å²) in [6.45, 7) is 3.63. The minimum absolute atomic E-state index is 0.160. The van der Waals surface area contributed by atoms with Crippen molar-refractivity contribution in [1.82, 2.24) is 14.7 Å². The molecule has 1 rings (SSSR count). The van der Waals surface area contributed by atoms with E-state index in [0.29, 0.717) is 5.69 Å². The Labute approximate surface area is 107 Å². The summed E-state index contributed by atoms with van der Waals surface area (Å²) >= 11 is 0. The number of amides is 1. The van der Waals surface area contributed by atoms with Gasteiger partial charge in [0, 0.05) is 20.3 Å². The maximum Gasteiger partial charge on any atom is 0.310 e. The first kappa shape index (κ1) is 14.2. The van der Waals surface area contributed by atoms with Crippen molar-refractivity contribution >= 4 is 11.9 Å². The topological polar surface area (TPSA) is 64.4 Å². The molecule has 0 aliphatic carbocycles. The third kappa shape index (κ3) is 2.88. The summed E-state index contributed by atoms with van der Waals surface area (Å²) in [7, 11) is 4.69. The molecule has 0 aliphatic heterocycles. The molecule has 6 heteroatoms. The second-order valence-electron chi connectivity index (χ2n) is 4.43. The van der Waals surface area contributed by atoms with Crippen LogP contribution in [0.15, 0.2) is 12.3 Å². The number of ether oxygens (including phenoxy) is 1. The standard InChI is InChI=1S/C12H19N3O3/c1-8(12(17)18-5)9(2)15-7-6-10(13-15)11(16)14(3)4/h6-9H,1-5H3. The zero-order valence-electron chi connectivity index (χ0n) is 11.4. The van der Waals surface area contributed by atoms with Crippen LogP contribution in [0.1, 0.15) is 30.4 Å². The number of esters is 1. The molecule has 0 fully saturated rings. The van der Waals surface area contributed by atoms with Crippen molar-refractivity contribution in [3.05, 3.63) is 18.0 Å². The smallest absolute Gasteiger partial charge is 0.310 e. The van der Waals surface area contributed by atoms with Crippen LogP contribution in [0.5, 0.6) is 0 Å². The Morgan fingerprint density at radius 3 is 2.50 bits per heavy atom. The fraction of sp³-hybridized carbons (Fsp3) is 0.583. The van der Waals surface area contributed by atoms with Gasteiger partial charge in [-0.25, -0.2) is 0 Å². The Hall–Kier alpha value is -1.85. The van der Waals surface area contributed by atoms with Gasteiger partial charge in [0.1, 0.15) is 5.69 Å². The number of hydrogen-bond donors (Lipinski definition) is 0. The molecule has 0 spiro atoms. The lowest BCUT2D eigenvalue weighted by Crippen LogP contribution is -2.25. The first-order valence-electron chi connectivity index (χ1n) is 5.73. The van der Waals surface area contributed by atoms with Gasteiger partial charge < -0.3 is 9.64 Å². The van der Waals surface area contributed by atoms with Gasteiger partial charge in [-0.3, -0.25) is 14.3 Å². The van der Waals surface area contributed by atoms with Crippen molar-refractivity contribution in [3.8, 4) is 0 Å². The van der Waals surface area contributed by atoms with E-state index in [-0.39, 0.29) is 23.8 Å². The fourth-order valence-electron chi connectivity index (χ4n) is 1.52. The number of methoxy groups -OCH3 is 1. The van der Waals surface area contributed by atoms with Crippen LogP contribution in [0.3, 0.4) is 0 Å². The van der Waals surface area contributed by atoms with E-state index in [1.165, 1.54) is 12.0 Å². The Balaban J connectivity index is 2.86. The van der Waals surface area contributed by atoms with Gasteiger partial charge in [-0.15, -0.1) is 0 Å². The Bertz CT molecular complexity index is 440. The van der Waals surface area contributed by atoms with Crippen LogP contribution in [-0.4, -0.2) is 47.8 Å². The zero-order chi connectivity index (χ0) is 13.9. The number of rotatable bonds is 4. The Kier molecular flexibility index (Phi) is 4.47. The van der Waals surface area contributed by atoms with Crippen LogP contribution in [0.25, 0.3) is 0 Å². The second kappa shape index (κ2) is 5.66. The Morgan fingerprint density at radius 2 is 2.00 bits per heavy atom. The van der Waals surface area contributed by atoms with E-state index in [0.717, 1.165) is 0 Å². The minimum atomic E-state index is -0.322. The maximum atomic E-state index is 11.7. The molecule has 0 saturated carbocycles. The first-order valence-corrected chi connectivity index (χ1v) is 5.73. The largest absolute Gasteiger partial charge is 0.469 e. The summed E-state index contributed by atoms with van der Waals surface area (Å²) in [6.07, 6.45) is 1.70. The molecule has 2 atom stereocenters. The first-order chi connectivity index (χ1) is 8.38. The molecule has 1 aromatic rings. The Morgan fingerprint density at radius 1 is 1.39 bits per heavy atom. The highest BCUT2D eigenvalue weighted by Gasteiger charge is 2.23. The number of carbonyl (C=O) groups is 2. The van der Waals surface area contributed by atoms with Gasteiger partial charge in [0.05, 0.1) is 19.1 Å². The van der Waals surface area contributed by atoms with Crippen LogP contribution in [-0.2, 0) is 9.53 Å². The molecule has 0 aliphatic rings. The predicted octanol–water partition coefficient (Wildman–Crippen LogP) is 0.955. The van der Waals surface area contributed by atoms with E-state index in [9.17, 15) is 9.59 Å². The summed E-state index contributed by atoms with van der Waals surface area (Å²) < 4.78 is 6.30. The highest BCUT2D eigenvalue weighted by Crippen LogP contribution is 2.18. The van der Waals surface area contributed by atoms with Gasteiger partial charge >= 0.3 is 5.97 Å². The third-order valence-electron chi connectivity index (χ3n) is 2.95. The molecule has 1 heterocycles. The zero-order valence-corrected chi connectivity index (χ0v) is 11.4. The third-order valence-corrected chi connectivity index (χ3v) is 2.95. The van der Waals surface area contributed by atoms with Gasteiger partial charge in [0.2, 0.25) is 0 Å². The SMILES string of the molecule is COC(=O)C(C)C(C)n1ccc(C(=O)N(C)C)n1. The van der Waals surface area contributed by atoms with Crippen LogP contribution >= 0.6 is 0 Å². The molecule has 6 nitrogen and oxygen atoms in total. The molecule has 2 unspecified atom stereocenters. The molecule has 18 heavy (non-hydrogen) atoms. The molecule has 100 valence electrons. The highest BCUT2D eigenvalue weighted by atomic mass is 16.5. The summed E-state index contributed by atoms with van der Waals surface area (Å²) in [4.78, 5) is 24.6. The summed E-state index contributed by atoms with van der Waals surface area (Å²) in [5.74, 6) is -0.776. The van der Waals surface area contributed by atoms with Crippen molar-refractivity contribution in [1.29, 1.82) is 0 Å². The summed E-state index contributed by atoms with van der Waals surface area (Å²) in [5.41, 5.74) is 0.365. The molecule has 1 amide bonds. The van der Waals surface area contributed by atoms with Crippen LogP contribution in [0.2, 0.25) is 0 Å². The average Bonchev–Trinajstić information content (AvgIpc) is 2.84. The van der Waals surface area contributed by atoms with E-state index in [1.54, 1.807) is 38.0 Å². The number of carbonyl (C=O) groups excluding carboxylic acids is 2. The molecule has 0 bridgehead atoms. The number of aromatic nitrogens is 2. The van der Waals surface area contributed by atoms with Gasteiger partial charge in [-0.05, 0) is 19.9 Å². The lowest BCUT2D eigenvalue weighted by molar-refractivity contribution is -0.146. The maximum absolute atomic E-state index is 11.7. The number of nitrogens with zero attached hydrogens (tertiary/aromatic N) is 3. The molecule has 1 aromatic heterocycles. The van der Waals surface area contributed by atoms with Crippen LogP contribution < -0.4 is 0 Å². The van der Waals surface area contributed by atoms with Crippen molar-refractivity contribution in [2.75, 3.05) is 21.2 Å². The monoisotopic (exact) mass is 253 g/mol. The molecule has 0 radical (unpaired) electrons. The highest BCUT2D eigenvalue weighted by molar-refractivity contribution is 5.91. The molecule has 0 aromatic carbocycles. The average molecular weight is 253 g/mol. The summed E-state index contributed by atoms with van der Waals surface area (Å²) in [5, 5.41) is 4.19.